The van der Waals surface area contributed by atoms with E-state index in [9.17, 15) is 0 Å². The van der Waals surface area contributed by atoms with Crippen LogP contribution in [0.5, 0.6) is 23.0 Å². The predicted octanol–water partition coefficient (Wildman–Crippen LogP) is 4.44. The summed E-state index contributed by atoms with van der Waals surface area (Å²) in [5, 5.41) is 4.02. The van der Waals surface area contributed by atoms with Crippen LogP contribution in [0.2, 0.25) is 5.02 Å². The van der Waals surface area contributed by atoms with E-state index in [2.05, 4.69) is 5.32 Å². The number of halogens is 1. The molecule has 0 aliphatic carbocycles. The van der Waals surface area contributed by atoms with Crippen molar-refractivity contribution in [3.8, 4) is 23.0 Å². The minimum Gasteiger partial charge on any atom is -0.493 e. The Kier molecular flexibility index (Phi) is 7.42. The van der Waals surface area contributed by atoms with Gasteiger partial charge < -0.3 is 24.3 Å². The van der Waals surface area contributed by atoms with Crippen molar-refractivity contribution in [3.05, 3.63) is 46.5 Å². The largest absolute Gasteiger partial charge is 0.493 e. The van der Waals surface area contributed by atoms with Crippen molar-refractivity contribution >= 4 is 11.6 Å². The van der Waals surface area contributed by atoms with Gasteiger partial charge in [0.05, 0.1) is 27.4 Å². The highest BCUT2D eigenvalue weighted by atomic mass is 35.5. The zero-order valence-electron chi connectivity index (χ0n) is 15.9. The Morgan fingerprint density at radius 1 is 0.885 bits per heavy atom. The lowest BCUT2D eigenvalue weighted by atomic mass is 10.1. The quantitative estimate of drug-likeness (QED) is 0.697. The fourth-order valence-electron chi connectivity index (χ4n) is 2.59. The molecule has 5 nitrogen and oxygen atoms in total. The Morgan fingerprint density at radius 2 is 1.50 bits per heavy atom. The van der Waals surface area contributed by atoms with Gasteiger partial charge in [-0.3, -0.25) is 0 Å². The molecule has 0 amide bonds. The normalized spacial score (nSPS) is 10.7. The second-order valence-electron chi connectivity index (χ2n) is 6.02. The lowest BCUT2D eigenvalue weighted by molar-refractivity contribution is 0.227. The molecule has 6 heteroatoms. The second kappa shape index (κ2) is 9.55. The fraction of sp³-hybridized carbons (Fsp3) is 0.400. The highest BCUT2D eigenvalue weighted by molar-refractivity contribution is 6.31. The molecular formula is C20H26ClNO4. The summed E-state index contributed by atoms with van der Waals surface area (Å²) in [7, 11) is 4.84. The molecule has 2 aromatic carbocycles. The van der Waals surface area contributed by atoms with E-state index in [0.29, 0.717) is 29.6 Å². The molecular weight excluding hydrogens is 354 g/mol. The van der Waals surface area contributed by atoms with Crippen molar-refractivity contribution in [2.75, 3.05) is 21.3 Å². The van der Waals surface area contributed by atoms with Crippen LogP contribution in [0.3, 0.4) is 0 Å². The fourth-order valence-corrected chi connectivity index (χ4v) is 2.81. The minimum absolute atomic E-state index is 0.0605. The third kappa shape index (κ3) is 4.96. The SMILES string of the molecule is COc1cc(Cl)c(CNCc2cccc(OC)c2OC(C)C)cc1OC. The lowest BCUT2D eigenvalue weighted by Crippen LogP contribution is -2.16. The first-order chi connectivity index (χ1) is 12.5. The van der Waals surface area contributed by atoms with Crippen LogP contribution in [0.15, 0.2) is 30.3 Å². The van der Waals surface area contributed by atoms with Gasteiger partial charge in [0.2, 0.25) is 0 Å². The summed E-state index contributed by atoms with van der Waals surface area (Å²) < 4.78 is 22.0. The number of benzene rings is 2. The van der Waals surface area contributed by atoms with Crippen LogP contribution in [0.1, 0.15) is 25.0 Å². The Hall–Kier alpha value is -2.11. The molecule has 0 fully saturated rings. The van der Waals surface area contributed by atoms with E-state index in [1.165, 1.54) is 0 Å². The maximum Gasteiger partial charge on any atom is 0.166 e. The number of rotatable bonds is 9. The van der Waals surface area contributed by atoms with E-state index in [0.717, 1.165) is 22.6 Å². The maximum atomic E-state index is 6.35. The van der Waals surface area contributed by atoms with Crippen molar-refractivity contribution in [2.24, 2.45) is 0 Å². The summed E-state index contributed by atoms with van der Waals surface area (Å²) in [5.74, 6) is 2.75. The van der Waals surface area contributed by atoms with Crippen LogP contribution in [0.25, 0.3) is 0 Å². The molecule has 0 saturated heterocycles. The van der Waals surface area contributed by atoms with Crippen LogP contribution >= 0.6 is 11.6 Å². The highest BCUT2D eigenvalue weighted by Crippen LogP contribution is 2.34. The van der Waals surface area contributed by atoms with Crippen molar-refractivity contribution in [1.29, 1.82) is 0 Å². The van der Waals surface area contributed by atoms with Crippen LogP contribution in [0.4, 0.5) is 0 Å². The van der Waals surface area contributed by atoms with E-state index >= 15 is 0 Å². The molecule has 2 rings (SSSR count). The van der Waals surface area contributed by atoms with Gasteiger partial charge in [-0.15, -0.1) is 0 Å². The van der Waals surface area contributed by atoms with E-state index in [-0.39, 0.29) is 6.10 Å². The molecule has 0 aliphatic rings. The molecule has 0 atom stereocenters. The molecule has 0 heterocycles. The molecule has 26 heavy (non-hydrogen) atoms. The average Bonchev–Trinajstić information content (AvgIpc) is 2.63. The van der Waals surface area contributed by atoms with Crippen LogP contribution in [-0.4, -0.2) is 27.4 Å². The zero-order chi connectivity index (χ0) is 19.1. The van der Waals surface area contributed by atoms with Gasteiger partial charge >= 0.3 is 0 Å². The molecule has 0 radical (unpaired) electrons. The molecule has 2 aromatic rings. The number of hydrogen-bond acceptors (Lipinski definition) is 5. The van der Waals surface area contributed by atoms with Gasteiger partial charge in [0.25, 0.3) is 0 Å². The summed E-state index contributed by atoms with van der Waals surface area (Å²) in [6, 6.07) is 9.50. The monoisotopic (exact) mass is 379 g/mol. The minimum atomic E-state index is 0.0605. The first-order valence-corrected chi connectivity index (χ1v) is 8.81. The summed E-state index contributed by atoms with van der Waals surface area (Å²) >= 11 is 6.35. The molecule has 0 unspecified atom stereocenters. The zero-order valence-corrected chi connectivity index (χ0v) is 16.6. The first-order valence-electron chi connectivity index (χ1n) is 8.43. The number of ether oxygens (including phenoxy) is 4. The van der Waals surface area contributed by atoms with Gasteiger partial charge in [0.15, 0.2) is 23.0 Å². The van der Waals surface area contributed by atoms with Gasteiger partial charge in [-0.05, 0) is 31.5 Å². The van der Waals surface area contributed by atoms with Gasteiger partial charge in [-0.2, -0.15) is 0 Å². The van der Waals surface area contributed by atoms with Gasteiger partial charge in [-0.1, -0.05) is 23.7 Å². The Morgan fingerprint density at radius 3 is 2.12 bits per heavy atom. The molecule has 1 N–H and O–H groups in total. The Bertz CT molecular complexity index is 734. The Balaban J connectivity index is 2.13. The first kappa shape index (κ1) is 20.2. The second-order valence-corrected chi connectivity index (χ2v) is 6.42. The number of nitrogens with one attached hydrogen (secondary N) is 1. The molecule has 0 spiro atoms. The van der Waals surface area contributed by atoms with Crippen molar-refractivity contribution in [2.45, 2.75) is 33.0 Å². The van der Waals surface area contributed by atoms with Crippen molar-refractivity contribution < 1.29 is 18.9 Å². The molecule has 0 aromatic heterocycles. The molecule has 142 valence electrons. The van der Waals surface area contributed by atoms with E-state index in [1.54, 1.807) is 27.4 Å². The van der Waals surface area contributed by atoms with E-state index in [1.807, 2.05) is 38.1 Å². The van der Waals surface area contributed by atoms with Gasteiger partial charge in [0, 0.05) is 29.7 Å². The predicted molar refractivity (Wildman–Crippen MR) is 104 cm³/mol. The summed E-state index contributed by atoms with van der Waals surface area (Å²) in [4.78, 5) is 0. The third-order valence-electron chi connectivity index (χ3n) is 3.82. The third-order valence-corrected chi connectivity index (χ3v) is 4.17. The molecule has 0 bridgehead atoms. The van der Waals surface area contributed by atoms with Gasteiger partial charge in [-0.25, -0.2) is 0 Å². The summed E-state index contributed by atoms with van der Waals surface area (Å²) in [5.41, 5.74) is 1.95. The summed E-state index contributed by atoms with van der Waals surface area (Å²) in [6.07, 6.45) is 0.0605. The van der Waals surface area contributed by atoms with Crippen molar-refractivity contribution in [3.63, 3.8) is 0 Å². The van der Waals surface area contributed by atoms with Crippen LogP contribution < -0.4 is 24.3 Å². The standard InChI is InChI=1S/C20H26ClNO4/c1-13(2)26-20-14(7-6-8-17(20)23-3)11-22-12-15-9-18(24-4)19(25-5)10-16(15)21/h6-10,13,22H,11-12H2,1-5H3. The smallest absolute Gasteiger partial charge is 0.166 e. The topological polar surface area (TPSA) is 49.0 Å². The average molecular weight is 380 g/mol. The lowest BCUT2D eigenvalue weighted by Gasteiger charge is -2.18. The van der Waals surface area contributed by atoms with Gasteiger partial charge in [0.1, 0.15) is 0 Å². The van der Waals surface area contributed by atoms with E-state index < -0.39 is 0 Å². The van der Waals surface area contributed by atoms with Crippen LogP contribution in [0, 0.1) is 0 Å². The molecule has 0 aliphatic heterocycles. The maximum absolute atomic E-state index is 6.35. The number of para-hydroxylation sites is 1. The van der Waals surface area contributed by atoms with Crippen LogP contribution in [-0.2, 0) is 13.1 Å². The highest BCUT2D eigenvalue weighted by Gasteiger charge is 2.13. The van der Waals surface area contributed by atoms with Crippen molar-refractivity contribution in [1.82, 2.24) is 5.32 Å². The molecule has 0 saturated carbocycles. The Labute approximate surface area is 160 Å². The number of methoxy groups -OCH3 is 3. The summed E-state index contributed by atoms with van der Waals surface area (Å²) in [6.45, 7) is 5.18. The number of hydrogen-bond donors (Lipinski definition) is 1. The van der Waals surface area contributed by atoms with E-state index in [4.69, 9.17) is 30.5 Å².